The van der Waals surface area contributed by atoms with Gasteiger partial charge in [0.1, 0.15) is 0 Å². The molecule has 1 N–H and O–H groups in total. The number of nitrogens with one attached hydrogen (secondary N) is 1. The van der Waals surface area contributed by atoms with Gasteiger partial charge in [0.25, 0.3) is 5.91 Å². The minimum absolute atomic E-state index is 0.112. The lowest BCUT2D eigenvalue weighted by molar-refractivity contribution is 0.0956. The topological polar surface area (TPSA) is 29.1 Å². The first-order valence-electron chi connectivity index (χ1n) is 6.66. The maximum atomic E-state index is 12.0. The van der Waals surface area contributed by atoms with Crippen LogP contribution in [-0.2, 0) is 12.8 Å². The highest BCUT2D eigenvalue weighted by atomic mass is 79.9. The Hall–Kier alpha value is -0.350. The van der Waals surface area contributed by atoms with E-state index < -0.39 is 0 Å². The van der Waals surface area contributed by atoms with E-state index in [0.717, 1.165) is 42.4 Å². The van der Waals surface area contributed by atoms with Crippen molar-refractivity contribution in [3.63, 3.8) is 0 Å². The van der Waals surface area contributed by atoms with Crippen molar-refractivity contribution in [3.05, 3.63) is 21.4 Å². The predicted octanol–water partition coefficient (Wildman–Crippen LogP) is 3.78. The number of halogens is 1. The molecule has 1 heterocycles. The van der Waals surface area contributed by atoms with Gasteiger partial charge in [-0.25, -0.2) is 0 Å². The van der Waals surface area contributed by atoms with Crippen LogP contribution in [-0.4, -0.2) is 17.8 Å². The van der Waals surface area contributed by atoms with Gasteiger partial charge < -0.3 is 5.32 Å². The summed E-state index contributed by atoms with van der Waals surface area (Å²) in [7, 11) is 0. The van der Waals surface area contributed by atoms with Gasteiger partial charge in [0.2, 0.25) is 0 Å². The van der Waals surface area contributed by atoms with Gasteiger partial charge in [-0.05, 0) is 49.7 Å². The second-order valence-electron chi connectivity index (χ2n) is 5.07. The van der Waals surface area contributed by atoms with Gasteiger partial charge in [0.15, 0.2) is 0 Å². The molecule has 18 heavy (non-hydrogen) atoms. The number of carbonyl (C=O) groups is 1. The van der Waals surface area contributed by atoms with Crippen LogP contribution in [0.15, 0.2) is 6.07 Å². The van der Waals surface area contributed by atoms with Gasteiger partial charge in [-0.1, -0.05) is 22.9 Å². The van der Waals surface area contributed by atoms with Gasteiger partial charge >= 0.3 is 0 Å². The Morgan fingerprint density at radius 3 is 3.11 bits per heavy atom. The molecular weight excluding hydrogens is 310 g/mol. The van der Waals surface area contributed by atoms with E-state index in [2.05, 4.69) is 34.2 Å². The first-order valence-corrected chi connectivity index (χ1v) is 8.60. The van der Waals surface area contributed by atoms with Crippen LogP contribution in [0.1, 0.15) is 46.3 Å². The SMILES string of the molecule is CC(CBr)CCCNC(=O)c1cc2c(s1)CCC2. The number of fused-ring (bicyclic) bond motifs is 1. The minimum Gasteiger partial charge on any atom is -0.351 e. The Bertz CT molecular complexity index is 394. The summed E-state index contributed by atoms with van der Waals surface area (Å²) < 4.78 is 0. The van der Waals surface area contributed by atoms with Crippen molar-refractivity contribution in [2.75, 3.05) is 11.9 Å². The lowest BCUT2D eigenvalue weighted by atomic mass is 10.1. The number of hydrogen-bond acceptors (Lipinski definition) is 2. The summed E-state index contributed by atoms with van der Waals surface area (Å²) in [5.41, 5.74) is 1.40. The van der Waals surface area contributed by atoms with Crippen LogP contribution in [0.3, 0.4) is 0 Å². The molecule has 100 valence electrons. The highest BCUT2D eigenvalue weighted by molar-refractivity contribution is 9.09. The fraction of sp³-hybridized carbons (Fsp3) is 0.643. The molecule has 1 aliphatic carbocycles. The number of carbonyl (C=O) groups excluding carboxylic acids is 1. The summed E-state index contributed by atoms with van der Waals surface area (Å²) >= 11 is 5.15. The summed E-state index contributed by atoms with van der Waals surface area (Å²) in [5, 5.41) is 4.06. The maximum absolute atomic E-state index is 12.0. The Kier molecular flexibility index (Phi) is 5.25. The van der Waals surface area contributed by atoms with Crippen molar-refractivity contribution in [2.24, 2.45) is 5.92 Å². The molecule has 0 spiro atoms. The van der Waals surface area contributed by atoms with E-state index in [1.54, 1.807) is 11.3 Å². The zero-order valence-electron chi connectivity index (χ0n) is 10.8. The van der Waals surface area contributed by atoms with Crippen LogP contribution in [0.5, 0.6) is 0 Å². The second kappa shape index (κ2) is 6.71. The number of rotatable bonds is 6. The normalized spacial score (nSPS) is 15.4. The largest absolute Gasteiger partial charge is 0.351 e. The standard InChI is InChI=1S/C14H20BrNOS/c1-10(9-15)4-3-7-16-14(17)13-8-11-5-2-6-12(11)18-13/h8,10H,2-7,9H2,1H3,(H,16,17). The molecule has 0 saturated carbocycles. The fourth-order valence-corrected chi connectivity index (χ4v) is 3.75. The Balaban J connectivity index is 1.74. The average Bonchev–Trinajstić information content (AvgIpc) is 2.94. The average molecular weight is 330 g/mol. The lowest BCUT2D eigenvalue weighted by Gasteiger charge is -2.07. The van der Waals surface area contributed by atoms with E-state index in [1.807, 2.05) is 0 Å². The molecule has 1 amide bonds. The van der Waals surface area contributed by atoms with Gasteiger partial charge in [-0.15, -0.1) is 11.3 Å². The fourth-order valence-electron chi connectivity index (χ4n) is 2.26. The van der Waals surface area contributed by atoms with Crippen LogP contribution < -0.4 is 5.32 Å². The molecule has 2 nitrogen and oxygen atoms in total. The van der Waals surface area contributed by atoms with E-state index >= 15 is 0 Å². The molecule has 1 aliphatic rings. The van der Waals surface area contributed by atoms with Crippen molar-refractivity contribution in [1.82, 2.24) is 5.32 Å². The van der Waals surface area contributed by atoms with Gasteiger partial charge in [0, 0.05) is 16.8 Å². The maximum Gasteiger partial charge on any atom is 0.261 e. The molecule has 1 aromatic heterocycles. The smallest absolute Gasteiger partial charge is 0.261 e. The van der Waals surface area contributed by atoms with Gasteiger partial charge in [-0.3, -0.25) is 4.79 Å². The highest BCUT2D eigenvalue weighted by Gasteiger charge is 2.18. The Labute approximate surface area is 121 Å². The van der Waals surface area contributed by atoms with Crippen LogP contribution in [0.2, 0.25) is 0 Å². The molecule has 0 bridgehead atoms. The third kappa shape index (κ3) is 3.58. The minimum atomic E-state index is 0.112. The van der Waals surface area contributed by atoms with Gasteiger partial charge in [-0.2, -0.15) is 0 Å². The zero-order valence-corrected chi connectivity index (χ0v) is 13.2. The molecule has 1 unspecified atom stereocenters. The van der Waals surface area contributed by atoms with E-state index in [-0.39, 0.29) is 5.91 Å². The molecule has 0 aromatic carbocycles. The quantitative estimate of drug-likeness (QED) is 0.624. The third-order valence-electron chi connectivity index (χ3n) is 3.39. The summed E-state index contributed by atoms with van der Waals surface area (Å²) in [6.45, 7) is 3.01. The number of thiophene rings is 1. The molecule has 0 aliphatic heterocycles. The zero-order chi connectivity index (χ0) is 13.0. The molecule has 0 radical (unpaired) electrons. The molecule has 1 aromatic rings. The molecule has 1 atom stereocenters. The van der Waals surface area contributed by atoms with Crippen molar-refractivity contribution in [1.29, 1.82) is 0 Å². The van der Waals surface area contributed by atoms with Crippen molar-refractivity contribution in [3.8, 4) is 0 Å². The summed E-state index contributed by atoms with van der Waals surface area (Å²) in [4.78, 5) is 14.3. The molecule has 4 heteroatoms. The molecule has 2 rings (SSSR count). The van der Waals surface area contributed by atoms with E-state index in [4.69, 9.17) is 0 Å². The Morgan fingerprint density at radius 2 is 2.39 bits per heavy atom. The highest BCUT2D eigenvalue weighted by Crippen LogP contribution is 2.30. The van der Waals surface area contributed by atoms with E-state index in [0.29, 0.717) is 5.92 Å². The molecular formula is C14H20BrNOS. The third-order valence-corrected chi connectivity index (χ3v) is 5.73. The Morgan fingerprint density at radius 1 is 1.56 bits per heavy atom. The van der Waals surface area contributed by atoms with Crippen molar-refractivity contribution < 1.29 is 4.79 Å². The predicted molar refractivity (Wildman–Crippen MR) is 80.9 cm³/mol. The van der Waals surface area contributed by atoms with Crippen LogP contribution in [0.4, 0.5) is 0 Å². The van der Waals surface area contributed by atoms with Crippen LogP contribution in [0.25, 0.3) is 0 Å². The number of hydrogen-bond donors (Lipinski definition) is 1. The number of alkyl halides is 1. The first kappa shape index (κ1) is 14.1. The van der Waals surface area contributed by atoms with Crippen LogP contribution in [0, 0.1) is 5.92 Å². The van der Waals surface area contributed by atoms with E-state index in [9.17, 15) is 4.79 Å². The van der Waals surface area contributed by atoms with Crippen molar-refractivity contribution >= 4 is 33.2 Å². The second-order valence-corrected chi connectivity index (χ2v) is 6.85. The summed E-state index contributed by atoms with van der Waals surface area (Å²) in [5.74, 6) is 0.799. The molecule has 0 fully saturated rings. The van der Waals surface area contributed by atoms with Crippen LogP contribution >= 0.6 is 27.3 Å². The van der Waals surface area contributed by atoms with E-state index in [1.165, 1.54) is 16.9 Å². The first-order chi connectivity index (χ1) is 8.70. The summed E-state index contributed by atoms with van der Waals surface area (Å²) in [6, 6.07) is 2.09. The summed E-state index contributed by atoms with van der Waals surface area (Å²) in [6.07, 6.45) is 5.79. The monoisotopic (exact) mass is 329 g/mol. The number of aryl methyl sites for hydroxylation is 2. The lowest BCUT2D eigenvalue weighted by Crippen LogP contribution is -2.24. The van der Waals surface area contributed by atoms with Crippen molar-refractivity contribution in [2.45, 2.75) is 39.0 Å². The van der Waals surface area contributed by atoms with Gasteiger partial charge in [0.05, 0.1) is 4.88 Å². The number of amides is 1. The molecule has 0 saturated heterocycles.